The molecule has 0 saturated heterocycles. The molecule has 6 heteroatoms. The number of thiazole rings is 1. The molecule has 0 bridgehead atoms. The van der Waals surface area contributed by atoms with Crippen molar-refractivity contribution in [3.8, 4) is 0 Å². The normalized spacial score (nSPS) is 22.7. The molecule has 0 spiro atoms. The fraction of sp³-hybridized carbons (Fsp3) is 0.500. The number of rotatable bonds is 2. The Bertz CT molecular complexity index is 547. The lowest BCUT2D eigenvalue weighted by molar-refractivity contribution is 0.256. The highest BCUT2D eigenvalue weighted by molar-refractivity contribution is 8.13. The highest BCUT2D eigenvalue weighted by Gasteiger charge is 2.31. The van der Waals surface area contributed by atoms with E-state index in [2.05, 4.69) is 20.3 Å². The van der Waals surface area contributed by atoms with Crippen molar-refractivity contribution in [2.75, 3.05) is 0 Å². The maximum Gasteiger partial charge on any atom is 0.367 e. The Morgan fingerprint density at radius 2 is 2.39 bits per heavy atom. The SMILES string of the molecule is Cc1nc(CSC2=NC(=O)N=C3CCCC32)cs1. The van der Waals surface area contributed by atoms with Gasteiger partial charge in [0.25, 0.3) is 0 Å². The molecular weight excluding hydrogens is 266 g/mol. The van der Waals surface area contributed by atoms with E-state index in [0.717, 1.165) is 46.5 Å². The largest absolute Gasteiger partial charge is 0.367 e. The first kappa shape index (κ1) is 12.0. The Hall–Kier alpha value is -1.01. The van der Waals surface area contributed by atoms with Crippen LogP contribution in [0.1, 0.15) is 30.0 Å². The van der Waals surface area contributed by atoms with Crippen LogP contribution in [0.5, 0.6) is 0 Å². The van der Waals surface area contributed by atoms with Crippen LogP contribution in [-0.2, 0) is 5.75 Å². The average molecular weight is 279 g/mol. The molecule has 94 valence electrons. The monoisotopic (exact) mass is 279 g/mol. The molecule has 18 heavy (non-hydrogen) atoms. The van der Waals surface area contributed by atoms with E-state index >= 15 is 0 Å². The third-order valence-corrected chi connectivity index (χ3v) is 5.04. The number of fused-ring (bicyclic) bond motifs is 1. The maximum atomic E-state index is 11.4. The summed E-state index contributed by atoms with van der Waals surface area (Å²) in [5.74, 6) is 1.09. The summed E-state index contributed by atoms with van der Waals surface area (Å²) in [5, 5.41) is 4.08. The Morgan fingerprint density at radius 1 is 1.50 bits per heavy atom. The van der Waals surface area contributed by atoms with Crippen LogP contribution in [0, 0.1) is 12.8 Å². The summed E-state index contributed by atoms with van der Waals surface area (Å²) in [6.07, 6.45) is 3.14. The summed E-state index contributed by atoms with van der Waals surface area (Å²) in [5.41, 5.74) is 2.10. The molecule has 2 heterocycles. The molecule has 4 nitrogen and oxygen atoms in total. The van der Waals surface area contributed by atoms with Gasteiger partial charge in [-0.3, -0.25) is 0 Å². The minimum atomic E-state index is -0.333. The third kappa shape index (κ3) is 2.40. The molecule has 0 radical (unpaired) electrons. The highest BCUT2D eigenvalue weighted by atomic mass is 32.2. The quantitative estimate of drug-likeness (QED) is 0.833. The molecular formula is C12H13N3OS2. The molecule has 0 aromatic carbocycles. The molecule has 1 aliphatic carbocycles. The van der Waals surface area contributed by atoms with Gasteiger partial charge in [-0.05, 0) is 26.2 Å². The van der Waals surface area contributed by atoms with Crippen molar-refractivity contribution in [2.24, 2.45) is 15.9 Å². The van der Waals surface area contributed by atoms with E-state index in [1.54, 1.807) is 23.1 Å². The molecule has 1 aromatic rings. The van der Waals surface area contributed by atoms with Crippen molar-refractivity contribution in [3.63, 3.8) is 0 Å². The number of hydrogen-bond donors (Lipinski definition) is 0. The summed E-state index contributed by atoms with van der Waals surface area (Å²) in [6.45, 7) is 2.00. The first-order valence-electron chi connectivity index (χ1n) is 5.96. The smallest absolute Gasteiger partial charge is 0.246 e. The van der Waals surface area contributed by atoms with Crippen LogP contribution in [-0.4, -0.2) is 21.8 Å². The number of urea groups is 1. The molecule has 1 atom stereocenters. The summed E-state index contributed by atoms with van der Waals surface area (Å²) in [6, 6.07) is -0.333. The van der Waals surface area contributed by atoms with Crippen LogP contribution in [0.15, 0.2) is 15.4 Å². The standard InChI is InChI=1S/C12H13N3OS2/c1-7-13-8(5-17-7)6-18-11-9-3-2-4-10(9)14-12(16)15-11/h5,9H,2-4,6H2,1H3. The minimum absolute atomic E-state index is 0.299. The number of aromatic nitrogens is 1. The molecule has 1 saturated carbocycles. The number of hydrogen-bond acceptors (Lipinski definition) is 4. The van der Waals surface area contributed by atoms with E-state index in [9.17, 15) is 4.79 Å². The summed E-state index contributed by atoms with van der Waals surface area (Å²) >= 11 is 3.29. The zero-order chi connectivity index (χ0) is 12.5. The number of aliphatic imine (C=N–C) groups is 2. The predicted octanol–water partition coefficient (Wildman–Crippen LogP) is 3.46. The van der Waals surface area contributed by atoms with E-state index in [1.807, 2.05) is 6.92 Å². The van der Waals surface area contributed by atoms with Crippen LogP contribution in [0.4, 0.5) is 4.79 Å². The molecule has 1 fully saturated rings. The van der Waals surface area contributed by atoms with Gasteiger partial charge in [0.1, 0.15) is 0 Å². The number of thioether (sulfide) groups is 1. The average Bonchev–Trinajstić information content (AvgIpc) is 2.94. The van der Waals surface area contributed by atoms with E-state index in [1.165, 1.54) is 0 Å². The Balaban J connectivity index is 1.70. The molecule has 2 aliphatic rings. The number of carbonyl (C=O) groups excluding carboxylic acids is 1. The van der Waals surface area contributed by atoms with E-state index in [0.29, 0.717) is 5.92 Å². The minimum Gasteiger partial charge on any atom is -0.246 e. The van der Waals surface area contributed by atoms with Crippen molar-refractivity contribution in [3.05, 3.63) is 16.1 Å². The highest BCUT2D eigenvalue weighted by Crippen LogP contribution is 2.32. The van der Waals surface area contributed by atoms with Crippen LogP contribution < -0.4 is 0 Å². The number of amides is 2. The Labute approximate surface area is 114 Å². The van der Waals surface area contributed by atoms with Gasteiger partial charge in [-0.1, -0.05) is 0 Å². The Morgan fingerprint density at radius 3 is 3.17 bits per heavy atom. The van der Waals surface area contributed by atoms with Crippen molar-refractivity contribution in [1.82, 2.24) is 4.98 Å². The molecule has 0 N–H and O–H groups in total. The van der Waals surface area contributed by atoms with Crippen molar-refractivity contribution < 1.29 is 4.79 Å². The fourth-order valence-electron chi connectivity index (χ4n) is 2.30. The lowest BCUT2D eigenvalue weighted by atomic mass is 10.1. The molecule has 1 aromatic heterocycles. The van der Waals surface area contributed by atoms with Crippen LogP contribution in [0.25, 0.3) is 0 Å². The van der Waals surface area contributed by atoms with Gasteiger partial charge in [-0.25, -0.2) is 14.8 Å². The second-order valence-corrected chi connectivity index (χ2v) is 6.48. The lowest BCUT2D eigenvalue weighted by Crippen LogP contribution is -2.22. The Kier molecular flexibility index (Phi) is 3.30. The van der Waals surface area contributed by atoms with Crippen molar-refractivity contribution in [2.45, 2.75) is 31.9 Å². The lowest BCUT2D eigenvalue weighted by Gasteiger charge is -2.16. The maximum absolute atomic E-state index is 11.4. The van der Waals surface area contributed by atoms with Gasteiger partial charge in [-0.2, -0.15) is 4.99 Å². The second kappa shape index (κ2) is 4.93. The van der Waals surface area contributed by atoms with Crippen molar-refractivity contribution >= 4 is 39.9 Å². The third-order valence-electron chi connectivity index (χ3n) is 3.11. The number of aryl methyl sites for hydroxylation is 1. The van der Waals surface area contributed by atoms with E-state index in [-0.39, 0.29) is 6.03 Å². The predicted molar refractivity (Wildman–Crippen MR) is 75.8 cm³/mol. The first-order chi connectivity index (χ1) is 8.72. The molecule has 1 unspecified atom stereocenters. The van der Waals surface area contributed by atoms with Gasteiger partial charge in [0, 0.05) is 22.8 Å². The van der Waals surface area contributed by atoms with Gasteiger partial charge in [0.2, 0.25) is 0 Å². The summed E-state index contributed by atoms with van der Waals surface area (Å²) in [4.78, 5) is 23.9. The molecule has 2 amide bonds. The first-order valence-corrected chi connectivity index (χ1v) is 7.83. The van der Waals surface area contributed by atoms with Gasteiger partial charge < -0.3 is 0 Å². The summed E-state index contributed by atoms with van der Waals surface area (Å²) < 4.78 is 0. The van der Waals surface area contributed by atoms with Gasteiger partial charge in [0.15, 0.2) is 0 Å². The van der Waals surface area contributed by atoms with Crippen LogP contribution in [0.3, 0.4) is 0 Å². The van der Waals surface area contributed by atoms with E-state index in [4.69, 9.17) is 0 Å². The van der Waals surface area contributed by atoms with E-state index < -0.39 is 0 Å². The molecule has 1 aliphatic heterocycles. The summed E-state index contributed by atoms with van der Waals surface area (Å²) in [7, 11) is 0. The number of nitrogens with zero attached hydrogens (tertiary/aromatic N) is 3. The van der Waals surface area contributed by atoms with Gasteiger partial charge in [0.05, 0.1) is 15.7 Å². The second-order valence-electron chi connectivity index (χ2n) is 4.43. The fourth-order valence-corrected chi connectivity index (χ4v) is 4.06. The molecule has 3 rings (SSSR count). The van der Waals surface area contributed by atoms with Crippen molar-refractivity contribution in [1.29, 1.82) is 0 Å². The van der Waals surface area contributed by atoms with Crippen LogP contribution in [0.2, 0.25) is 0 Å². The zero-order valence-electron chi connectivity index (χ0n) is 10.0. The zero-order valence-corrected chi connectivity index (χ0v) is 11.7. The van der Waals surface area contributed by atoms with Crippen LogP contribution >= 0.6 is 23.1 Å². The van der Waals surface area contributed by atoms with Gasteiger partial charge >= 0.3 is 6.03 Å². The number of carbonyl (C=O) groups is 1. The van der Waals surface area contributed by atoms with Gasteiger partial charge in [-0.15, -0.1) is 23.1 Å². The topological polar surface area (TPSA) is 54.7 Å².